The summed E-state index contributed by atoms with van der Waals surface area (Å²) in [5.74, 6) is 0.141. The molecule has 3 rings (SSSR count). The predicted molar refractivity (Wildman–Crippen MR) is 84.5 cm³/mol. The van der Waals surface area contributed by atoms with Crippen molar-refractivity contribution < 1.29 is 4.79 Å². The highest BCUT2D eigenvalue weighted by molar-refractivity contribution is 5.97. The Morgan fingerprint density at radius 1 is 1.14 bits per heavy atom. The molecule has 0 unspecified atom stereocenters. The minimum Gasteiger partial charge on any atom is -0.339 e. The number of carbonyl (C=O) groups excluding carboxylic acids is 1. The van der Waals surface area contributed by atoms with E-state index >= 15 is 0 Å². The molecule has 21 heavy (non-hydrogen) atoms. The Hall–Kier alpha value is -1.84. The maximum Gasteiger partial charge on any atom is 0.253 e. The van der Waals surface area contributed by atoms with Crippen molar-refractivity contribution in [2.24, 2.45) is 0 Å². The van der Waals surface area contributed by atoms with E-state index in [9.17, 15) is 4.79 Å². The summed E-state index contributed by atoms with van der Waals surface area (Å²) in [7, 11) is 0. The van der Waals surface area contributed by atoms with Crippen molar-refractivity contribution in [1.82, 2.24) is 14.5 Å². The van der Waals surface area contributed by atoms with Gasteiger partial charge in [0.25, 0.3) is 5.91 Å². The van der Waals surface area contributed by atoms with Gasteiger partial charge in [-0.1, -0.05) is 0 Å². The van der Waals surface area contributed by atoms with Gasteiger partial charge < -0.3 is 9.47 Å². The largest absolute Gasteiger partial charge is 0.339 e. The summed E-state index contributed by atoms with van der Waals surface area (Å²) >= 11 is 0. The smallest absolute Gasteiger partial charge is 0.253 e. The molecule has 112 valence electrons. The SMILES string of the molecule is CC(C)(C)n1cnc2cc(C(=O)N3CCCCC3)ccc21. The molecule has 1 aliphatic rings. The molecule has 0 aliphatic carbocycles. The van der Waals surface area contributed by atoms with Crippen LogP contribution >= 0.6 is 0 Å². The lowest BCUT2D eigenvalue weighted by molar-refractivity contribution is 0.0724. The number of benzene rings is 1. The quantitative estimate of drug-likeness (QED) is 0.805. The minimum atomic E-state index is -0.00680. The fourth-order valence-electron chi connectivity index (χ4n) is 2.96. The van der Waals surface area contributed by atoms with Gasteiger partial charge in [-0.15, -0.1) is 0 Å². The van der Waals surface area contributed by atoms with E-state index in [2.05, 4.69) is 30.3 Å². The normalized spacial score (nSPS) is 16.4. The van der Waals surface area contributed by atoms with E-state index in [0.29, 0.717) is 0 Å². The second kappa shape index (κ2) is 5.17. The molecule has 4 nitrogen and oxygen atoms in total. The van der Waals surface area contributed by atoms with Gasteiger partial charge in [-0.25, -0.2) is 4.98 Å². The Bertz CT molecular complexity index is 660. The molecule has 0 radical (unpaired) electrons. The minimum absolute atomic E-state index is 0.00680. The first kappa shape index (κ1) is 14.1. The van der Waals surface area contributed by atoms with Crippen molar-refractivity contribution in [3.8, 4) is 0 Å². The van der Waals surface area contributed by atoms with Crippen molar-refractivity contribution in [2.45, 2.75) is 45.6 Å². The summed E-state index contributed by atoms with van der Waals surface area (Å²) in [6.45, 7) is 8.23. The van der Waals surface area contributed by atoms with E-state index < -0.39 is 0 Å². The number of carbonyl (C=O) groups is 1. The van der Waals surface area contributed by atoms with Crippen LogP contribution in [0.25, 0.3) is 11.0 Å². The van der Waals surface area contributed by atoms with Crippen LogP contribution in [0.15, 0.2) is 24.5 Å². The molecule has 0 atom stereocenters. The van der Waals surface area contributed by atoms with Crippen molar-refractivity contribution in [3.05, 3.63) is 30.1 Å². The van der Waals surface area contributed by atoms with Gasteiger partial charge in [0, 0.05) is 24.2 Å². The maximum atomic E-state index is 12.5. The molecule has 1 saturated heterocycles. The summed E-state index contributed by atoms with van der Waals surface area (Å²) in [4.78, 5) is 19.0. The molecule has 1 amide bonds. The van der Waals surface area contributed by atoms with E-state index in [-0.39, 0.29) is 11.4 Å². The third kappa shape index (κ3) is 2.67. The van der Waals surface area contributed by atoms with E-state index in [1.54, 1.807) is 0 Å². The van der Waals surface area contributed by atoms with Gasteiger partial charge in [0.2, 0.25) is 0 Å². The molecular formula is C17H23N3O. The zero-order chi connectivity index (χ0) is 15.0. The zero-order valence-electron chi connectivity index (χ0n) is 13.1. The topological polar surface area (TPSA) is 38.1 Å². The average molecular weight is 285 g/mol. The van der Waals surface area contributed by atoms with Gasteiger partial charge in [0.05, 0.1) is 17.4 Å². The van der Waals surface area contributed by atoms with Gasteiger partial charge in [-0.2, -0.15) is 0 Å². The van der Waals surface area contributed by atoms with Crippen LogP contribution in [-0.2, 0) is 5.54 Å². The standard InChI is InChI=1S/C17H23N3O/c1-17(2,3)20-12-18-14-11-13(7-8-15(14)20)16(21)19-9-5-4-6-10-19/h7-8,11-12H,4-6,9-10H2,1-3H3. The fourth-order valence-corrected chi connectivity index (χ4v) is 2.96. The molecule has 0 N–H and O–H groups in total. The molecule has 2 heterocycles. The van der Waals surface area contributed by atoms with Crippen molar-refractivity contribution >= 4 is 16.9 Å². The Balaban J connectivity index is 1.93. The summed E-state index contributed by atoms with van der Waals surface area (Å²) in [6.07, 6.45) is 5.33. The first-order valence-electron chi connectivity index (χ1n) is 7.74. The second-order valence-electron chi connectivity index (χ2n) is 6.84. The number of nitrogens with zero attached hydrogens (tertiary/aromatic N) is 3. The molecule has 1 aromatic heterocycles. The van der Waals surface area contributed by atoms with E-state index in [1.807, 2.05) is 29.4 Å². The number of hydrogen-bond donors (Lipinski definition) is 0. The van der Waals surface area contributed by atoms with Gasteiger partial charge in [-0.3, -0.25) is 4.79 Å². The molecule has 1 aromatic carbocycles. The van der Waals surface area contributed by atoms with Crippen LogP contribution in [-0.4, -0.2) is 33.4 Å². The number of piperidine rings is 1. The zero-order valence-corrected chi connectivity index (χ0v) is 13.1. The third-order valence-electron chi connectivity index (χ3n) is 4.16. The number of aromatic nitrogens is 2. The summed E-state index contributed by atoms with van der Waals surface area (Å²) in [5, 5.41) is 0. The van der Waals surface area contributed by atoms with Crippen LogP contribution in [0.2, 0.25) is 0 Å². The number of imidazole rings is 1. The lowest BCUT2D eigenvalue weighted by atomic mass is 10.1. The third-order valence-corrected chi connectivity index (χ3v) is 4.16. The van der Waals surface area contributed by atoms with E-state index in [1.165, 1.54) is 6.42 Å². The molecule has 0 saturated carbocycles. The molecule has 1 fully saturated rings. The Labute approximate surface area is 125 Å². The summed E-state index contributed by atoms with van der Waals surface area (Å²) in [6, 6.07) is 5.88. The average Bonchev–Trinajstić information content (AvgIpc) is 2.90. The monoisotopic (exact) mass is 285 g/mol. The van der Waals surface area contributed by atoms with Crippen molar-refractivity contribution in [1.29, 1.82) is 0 Å². The van der Waals surface area contributed by atoms with E-state index in [4.69, 9.17) is 0 Å². The number of fused-ring (bicyclic) bond motifs is 1. The molecule has 0 bridgehead atoms. The van der Waals surface area contributed by atoms with Gasteiger partial charge in [0.1, 0.15) is 0 Å². The maximum absolute atomic E-state index is 12.5. The fraction of sp³-hybridized carbons (Fsp3) is 0.529. The molecule has 1 aliphatic heterocycles. The molecule has 0 spiro atoms. The number of likely N-dealkylation sites (tertiary alicyclic amines) is 1. The predicted octanol–water partition coefficient (Wildman–Crippen LogP) is 3.42. The summed E-state index contributed by atoms with van der Waals surface area (Å²) in [5.41, 5.74) is 2.72. The van der Waals surface area contributed by atoms with Gasteiger partial charge in [-0.05, 0) is 58.2 Å². The first-order chi connectivity index (χ1) is 9.97. The highest BCUT2D eigenvalue weighted by atomic mass is 16.2. The van der Waals surface area contributed by atoms with Crippen LogP contribution in [0, 0.1) is 0 Å². The van der Waals surface area contributed by atoms with Crippen LogP contribution in [0.5, 0.6) is 0 Å². The second-order valence-corrected chi connectivity index (χ2v) is 6.84. The number of rotatable bonds is 1. The van der Waals surface area contributed by atoms with Crippen LogP contribution in [0.3, 0.4) is 0 Å². The van der Waals surface area contributed by atoms with Crippen LogP contribution in [0.1, 0.15) is 50.4 Å². The van der Waals surface area contributed by atoms with Gasteiger partial charge >= 0.3 is 0 Å². The number of hydrogen-bond acceptors (Lipinski definition) is 2. The highest BCUT2D eigenvalue weighted by Crippen LogP contribution is 2.23. The molecule has 4 heteroatoms. The van der Waals surface area contributed by atoms with E-state index in [0.717, 1.165) is 42.5 Å². The molecule has 2 aromatic rings. The van der Waals surface area contributed by atoms with Gasteiger partial charge in [0.15, 0.2) is 0 Å². The summed E-state index contributed by atoms with van der Waals surface area (Å²) < 4.78 is 2.15. The molecular weight excluding hydrogens is 262 g/mol. The number of amides is 1. The van der Waals surface area contributed by atoms with Crippen LogP contribution in [0.4, 0.5) is 0 Å². The van der Waals surface area contributed by atoms with Crippen LogP contribution < -0.4 is 0 Å². The Kier molecular flexibility index (Phi) is 3.47. The van der Waals surface area contributed by atoms with Crippen molar-refractivity contribution in [2.75, 3.05) is 13.1 Å². The lowest BCUT2D eigenvalue weighted by Gasteiger charge is -2.26. The lowest BCUT2D eigenvalue weighted by Crippen LogP contribution is -2.35. The van der Waals surface area contributed by atoms with Crippen molar-refractivity contribution in [3.63, 3.8) is 0 Å². The highest BCUT2D eigenvalue weighted by Gasteiger charge is 2.20. The first-order valence-corrected chi connectivity index (χ1v) is 7.74. The Morgan fingerprint density at radius 3 is 2.52 bits per heavy atom. The Morgan fingerprint density at radius 2 is 1.86 bits per heavy atom.